The summed E-state index contributed by atoms with van der Waals surface area (Å²) in [4.78, 5) is 36.1. The molecule has 1 atom stereocenters. The number of furan rings is 1. The van der Waals surface area contributed by atoms with Crippen LogP contribution in [-0.2, 0) is 19.6 Å². The van der Waals surface area contributed by atoms with Gasteiger partial charge in [-0.25, -0.2) is 19.0 Å². The van der Waals surface area contributed by atoms with E-state index in [4.69, 9.17) is 14.8 Å². The van der Waals surface area contributed by atoms with Crippen molar-refractivity contribution in [1.82, 2.24) is 16.1 Å². The monoisotopic (exact) mass is 480 g/mol. The molecule has 0 spiro atoms. The van der Waals surface area contributed by atoms with E-state index in [2.05, 4.69) is 10.6 Å². The van der Waals surface area contributed by atoms with Gasteiger partial charge in [-0.3, -0.25) is 19.6 Å². The van der Waals surface area contributed by atoms with Crippen molar-refractivity contribution in [3.05, 3.63) is 42.2 Å². The third-order valence-corrected chi connectivity index (χ3v) is 5.78. The molecule has 0 radical (unpaired) electrons. The molecule has 12 heteroatoms. The number of sulfonamides is 1. The normalized spacial score (nSPS) is 12.1. The average molecular weight is 481 g/mol. The van der Waals surface area contributed by atoms with Crippen molar-refractivity contribution in [2.45, 2.75) is 43.9 Å². The summed E-state index contributed by atoms with van der Waals surface area (Å²) in [5.74, 6) is -2.10. The number of hydroxylamine groups is 1. The van der Waals surface area contributed by atoms with Crippen LogP contribution in [0.15, 0.2) is 45.7 Å². The Morgan fingerprint density at radius 2 is 1.88 bits per heavy atom. The van der Waals surface area contributed by atoms with Crippen LogP contribution in [0.5, 0.6) is 0 Å². The van der Waals surface area contributed by atoms with Gasteiger partial charge in [-0.15, -0.1) is 0 Å². The lowest BCUT2D eigenvalue weighted by Gasteiger charge is -2.16. The van der Waals surface area contributed by atoms with Crippen LogP contribution >= 0.6 is 0 Å². The molecule has 0 saturated heterocycles. The van der Waals surface area contributed by atoms with Crippen LogP contribution in [0, 0.1) is 5.92 Å². The lowest BCUT2D eigenvalue weighted by atomic mass is 9.96. The van der Waals surface area contributed by atoms with Crippen molar-refractivity contribution in [2.75, 3.05) is 6.67 Å². The topological polar surface area (TPSA) is 181 Å². The van der Waals surface area contributed by atoms with Gasteiger partial charge < -0.3 is 15.1 Å². The van der Waals surface area contributed by atoms with Crippen molar-refractivity contribution >= 4 is 27.7 Å². The van der Waals surface area contributed by atoms with E-state index >= 15 is 0 Å². The summed E-state index contributed by atoms with van der Waals surface area (Å²) in [6.07, 6.45) is 2.91. The summed E-state index contributed by atoms with van der Waals surface area (Å²) >= 11 is 0. The molecular weight excluding hydrogens is 452 g/mol. The highest BCUT2D eigenvalue weighted by Crippen LogP contribution is 2.24. The first-order valence-corrected chi connectivity index (χ1v) is 11.9. The molecule has 0 aliphatic rings. The third-order valence-electron chi connectivity index (χ3n) is 4.87. The minimum absolute atomic E-state index is 0.0422. The third kappa shape index (κ3) is 8.00. The molecule has 180 valence electrons. The molecule has 3 amide bonds. The number of hydrogen-bond acceptors (Lipinski definition) is 7. The minimum atomic E-state index is -3.89. The summed E-state index contributed by atoms with van der Waals surface area (Å²) in [7, 11) is -3.89. The number of amides is 3. The van der Waals surface area contributed by atoms with Gasteiger partial charge in [0.05, 0.1) is 11.6 Å². The van der Waals surface area contributed by atoms with Crippen LogP contribution in [0.1, 0.15) is 49.6 Å². The number of primary sulfonamides is 1. The van der Waals surface area contributed by atoms with Gasteiger partial charge >= 0.3 is 0 Å². The Morgan fingerprint density at radius 1 is 1.12 bits per heavy atom. The van der Waals surface area contributed by atoms with Crippen LogP contribution in [0.4, 0.5) is 0 Å². The van der Waals surface area contributed by atoms with Crippen molar-refractivity contribution in [1.29, 1.82) is 0 Å². The fourth-order valence-corrected chi connectivity index (χ4v) is 3.68. The Kier molecular flexibility index (Phi) is 9.57. The van der Waals surface area contributed by atoms with Crippen molar-refractivity contribution in [3.63, 3.8) is 0 Å². The van der Waals surface area contributed by atoms with Gasteiger partial charge in [0, 0.05) is 17.9 Å². The Morgan fingerprint density at radius 3 is 2.55 bits per heavy atom. The average Bonchev–Trinajstić information content (AvgIpc) is 3.28. The van der Waals surface area contributed by atoms with Gasteiger partial charge in [0.1, 0.15) is 5.76 Å². The van der Waals surface area contributed by atoms with E-state index in [0.29, 0.717) is 12.0 Å². The van der Waals surface area contributed by atoms with Crippen LogP contribution in [-0.4, -0.2) is 38.0 Å². The predicted molar refractivity (Wildman–Crippen MR) is 118 cm³/mol. The van der Waals surface area contributed by atoms with Crippen LogP contribution < -0.4 is 21.3 Å². The molecule has 6 N–H and O–H groups in total. The zero-order valence-corrected chi connectivity index (χ0v) is 19.0. The molecule has 1 aromatic carbocycles. The van der Waals surface area contributed by atoms with E-state index in [1.807, 2.05) is 6.92 Å². The molecule has 0 unspecified atom stereocenters. The molecule has 0 fully saturated rings. The standard InChI is InChI=1S/C21H28N4O7S/c1-2-3-4-6-15(12-19(26)25-29)20(27)23-13-24-21(28)18-10-9-17(32-18)14-7-5-8-16(11-14)33(22,30)31/h5,7-11,15,29H,2-4,6,12-13H2,1H3,(H,23,27)(H,24,28)(H,25,26)(H2,22,30,31)/t15-/m1/s1. The summed E-state index contributed by atoms with van der Waals surface area (Å²) in [6, 6.07) is 8.70. The molecule has 2 aromatic rings. The zero-order chi connectivity index (χ0) is 24.4. The number of hydrogen-bond donors (Lipinski definition) is 5. The maximum atomic E-state index is 12.4. The van der Waals surface area contributed by atoms with Gasteiger partial charge in [-0.2, -0.15) is 0 Å². The van der Waals surface area contributed by atoms with Crippen molar-refractivity contribution in [2.24, 2.45) is 11.1 Å². The number of benzene rings is 1. The molecule has 2 rings (SSSR count). The molecule has 33 heavy (non-hydrogen) atoms. The summed E-state index contributed by atoms with van der Waals surface area (Å²) in [5.41, 5.74) is 1.94. The van der Waals surface area contributed by atoms with E-state index in [1.165, 1.54) is 35.8 Å². The smallest absolute Gasteiger partial charge is 0.288 e. The highest BCUT2D eigenvalue weighted by Gasteiger charge is 2.21. The highest BCUT2D eigenvalue weighted by atomic mass is 32.2. The summed E-state index contributed by atoms with van der Waals surface area (Å²) < 4.78 is 28.5. The molecule has 0 aliphatic heterocycles. The Balaban J connectivity index is 1.95. The zero-order valence-electron chi connectivity index (χ0n) is 18.2. The Labute approximate surface area is 191 Å². The number of nitrogens with two attached hydrogens (primary N) is 1. The predicted octanol–water partition coefficient (Wildman–Crippen LogP) is 1.49. The lowest BCUT2D eigenvalue weighted by molar-refractivity contribution is -0.135. The van der Waals surface area contributed by atoms with E-state index in [9.17, 15) is 22.8 Å². The second-order valence-electron chi connectivity index (χ2n) is 7.39. The van der Waals surface area contributed by atoms with Crippen LogP contribution in [0.25, 0.3) is 11.3 Å². The van der Waals surface area contributed by atoms with Gasteiger partial charge in [0.25, 0.3) is 5.91 Å². The van der Waals surface area contributed by atoms with Crippen LogP contribution in [0.2, 0.25) is 0 Å². The SMILES string of the molecule is CCCCC[C@H](CC(=O)NO)C(=O)NCNC(=O)c1ccc(-c2cccc(S(N)(=O)=O)c2)o1. The van der Waals surface area contributed by atoms with E-state index in [-0.39, 0.29) is 29.5 Å². The molecule has 11 nitrogen and oxygen atoms in total. The highest BCUT2D eigenvalue weighted by molar-refractivity contribution is 7.89. The number of nitrogens with one attached hydrogen (secondary N) is 3. The molecule has 1 aromatic heterocycles. The summed E-state index contributed by atoms with van der Waals surface area (Å²) in [5, 5.41) is 18.9. The maximum absolute atomic E-state index is 12.4. The second kappa shape index (κ2) is 12.1. The maximum Gasteiger partial charge on any atom is 0.288 e. The second-order valence-corrected chi connectivity index (χ2v) is 8.95. The van der Waals surface area contributed by atoms with E-state index < -0.39 is 33.7 Å². The number of carbonyl (C=O) groups is 3. The number of carbonyl (C=O) groups excluding carboxylic acids is 3. The fraction of sp³-hybridized carbons (Fsp3) is 0.381. The quantitative estimate of drug-likeness (QED) is 0.132. The van der Waals surface area contributed by atoms with Crippen molar-refractivity contribution < 1.29 is 32.4 Å². The van der Waals surface area contributed by atoms with Gasteiger partial charge in [0.15, 0.2) is 5.76 Å². The van der Waals surface area contributed by atoms with Crippen molar-refractivity contribution in [3.8, 4) is 11.3 Å². The molecule has 0 aliphatic carbocycles. The molecule has 0 saturated carbocycles. The minimum Gasteiger partial charge on any atom is -0.451 e. The Hall–Kier alpha value is -3.22. The molecule has 0 bridgehead atoms. The van der Waals surface area contributed by atoms with Gasteiger partial charge in [-0.1, -0.05) is 38.3 Å². The molecule has 1 heterocycles. The van der Waals surface area contributed by atoms with E-state index in [1.54, 1.807) is 6.07 Å². The first-order valence-electron chi connectivity index (χ1n) is 10.4. The number of rotatable bonds is 12. The lowest BCUT2D eigenvalue weighted by Crippen LogP contribution is -2.41. The first kappa shape index (κ1) is 26.0. The van der Waals surface area contributed by atoms with Gasteiger partial charge in [0.2, 0.25) is 21.8 Å². The number of unbranched alkanes of at least 4 members (excludes halogenated alkanes) is 2. The fourth-order valence-electron chi connectivity index (χ4n) is 3.12. The van der Waals surface area contributed by atoms with Crippen LogP contribution in [0.3, 0.4) is 0 Å². The van der Waals surface area contributed by atoms with E-state index in [0.717, 1.165) is 19.3 Å². The first-order chi connectivity index (χ1) is 15.7. The van der Waals surface area contributed by atoms with Gasteiger partial charge in [-0.05, 0) is 30.7 Å². The Bertz CT molecular complexity index is 1080. The summed E-state index contributed by atoms with van der Waals surface area (Å²) in [6.45, 7) is 1.82. The molecular formula is C21H28N4O7S. The largest absolute Gasteiger partial charge is 0.451 e.